The molecule has 2 aromatic rings. The third-order valence-electron chi connectivity index (χ3n) is 4.14. The van der Waals surface area contributed by atoms with Crippen LogP contribution < -0.4 is 10.6 Å². The Morgan fingerprint density at radius 2 is 1.63 bits per heavy atom. The number of guanidine groups is 1. The van der Waals surface area contributed by atoms with Crippen LogP contribution in [0.15, 0.2) is 52.4 Å². The lowest BCUT2D eigenvalue weighted by Crippen LogP contribution is -2.36. The fraction of sp³-hybridized carbons (Fsp3) is 0.350. The van der Waals surface area contributed by atoms with E-state index in [2.05, 4.69) is 15.6 Å². The molecular weight excluding hydrogens is 530 g/mol. The van der Waals surface area contributed by atoms with Gasteiger partial charge in [0, 0.05) is 19.3 Å². The minimum atomic E-state index is -4.35. The lowest BCUT2D eigenvalue weighted by molar-refractivity contribution is -0.137. The maximum atomic E-state index is 12.6. The van der Waals surface area contributed by atoms with Gasteiger partial charge in [-0.25, -0.2) is 13.4 Å². The van der Waals surface area contributed by atoms with Gasteiger partial charge in [0.2, 0.25) is 0 Å². The molecule has 166 valence electrons. The molecule has 0 radical (unpaired) electrons. The number of aryl methyl sites for hydroxylation is 1. The van der Waals surface area contributed by atoms with Crippen LogP contribution in [0.1, 0.15) is 29.2 Å². The summed E-state index contributed by atoms with van der Waals surface area (Å²) in [4.78, 5) is 4.74. The molecule has 2 N–H and O–H groups in total. The van der Waals surface area contributed by atoms with Crippen LogP contribution in [0.25, 0.3) is 0 Å². The van der Waals surface area contributed by atoms with Gasteiger partial charge >= 0.3 is 6.18 Å². The van der Waals surface area contributed by atoms with Gasteiger partial charge in [0.1, 0.15) is 0 Å². The number of nitrogens with one attached hydrogen (secondary N) is 2. The van der Waals surface area contributed by atoms with Gasteiger partial charge in [0.05, 0.1) is 17.0 Å². The molecule has 0 spiro atoms. The summed E-state index contributed by atoms with van der Waals surface area (Å²) in [5.74, 6) is 0.511. The van der Waals surface area contributed by atoms with E-state index in [1.54, 1.807) is 25.1 Å². The van der Waals surface area contributed by atoms with E-state index in [0.717, 1.165) is 17.7 Å². The summed E-state index contributed by atoms with van der Waals surface area (Å²) in [5, 5.41) is 6.15. The number of hydrogen-bond donors (Lipinski definition) is 2. The van der Waals surface area contributed by atoms with Crippen LogP contribution in [0.3, 0.4) is 0 Å². The highest BCUT2D eigenvalue weighted by Gasteiger charge is 2.29. The zero-order valence-corrected chi connectivity index (χ0v) is 20.0. The predicted molar refractivity (Wildman–Crippen MR) is 123 cm³/mol. The van der Waals surface area contributed by atoms with E-state index in [0.29, 0.717) is 36.7 Å². The van der Waals surface area contributed by atoms with E-state index in [9.17, 15) is 21.6 Å². The molecule has 0 aliphatic heterocycles. The maximum absolute atomic E-state index is 12.6. The lowest BCUT2D eigenvalue weighted by atomic mass is 10.1. The van der Waals surface area contributed by atoms with Crippen LogP contribution in [0.2, 0.25) is 0 Å². The van der Waals surface area contributed by atoms with Crippen LogP contribution in [0.4, 0.5) is 13.2 Å². The van der Waals surface area contributed by atoms with Crippen molar-refractivity contribution in [2.75, 3.05) is 12.8 Å². The largest absolute Gasteiger partial charge is 0.416 e. The van der Waals surface area contributed by atoms with Crippen molar-refractivity contribution in [1.82, 2.24) is 10.6 Å². The van der Waals surface area contributed by atoms with Gasteiger partial charge in [0.25, 0.3) is 0 Å². The van der Waals surface area contributed by atoms with E-state index in [-0.39, 0.29) is 28.9 Å². The SMILES string of the molecule is CCNC(=NCc1ccc(S(C)(=O)=O)c(C)c1)NCc1ccc(C(F)(F)F)cc1.I. The summed E-state index contributed by atoms with van der Waals surface area (Å²) in [5.41, 5.74) is 1.51. The second-order valence-electron chi connectivity index (χ2n) is 6.62. The third-order valence-corrected chi connectivity index (χ3v) is 5.40. The summed E-state index contributed by atoms with van der Waals surface area (Å²) in [6.07, 6.45) is -3.19. The minimum absolute atomic E-state index is 0. The molecule has 0 aromatic heterocycles. The van der Waals surface area contributed by atoms with Gasteiger partial charge in [-0.05, 0) is 48.7 Å². The van der Waals surface area contributed by atoms with Gasteiger partial charge in [-0.15, -0.1) is 24.0 Å². The Kier molecular flexibility index (Phi) is 9.60. The van der Waals surface area contributed by atoms with Gasteiger partial charge < -0.3 is 10.6 Å². The molecule has 10 heteroatoms. The average Bonchev–Trinajstić information content (AvgIpc) is 2.62. The molecule has 2 rings (SSSR count). The molecule has 0 bridgehead atoms. The first-order valence-electron chi connectivity index (χ1n) is 8.98. The molecule has 2 aromatic carbocycles. The number of hydrogen-bond acceptors (Lipinski definition) is 3. The minimum Gasteiger partial charge on any atom is -0.357 e. The molecule has 0 atom stereocenters. The quantitative estimate of drug-likeness (QED) is 0.317. The Morgan fingerprint density at radius 1 is 1.03 bits per heavy atom. The highest BCUT2D eigenvalue weighted by molar-refractivity contribution is 14.0. The number of sulfone groups is 1. The lowest BCUT2D eigenvalue weighted by Gasteiger charge is -2.13. The van der Waals surface area contributed by atoms with E-state index in [1.165, 1.54) is 18.4 Å². The Balaban J connectivity index is 0.00000450. The molecule has 0 saturated carbocycles. The molecule has 0 unspecified atom stereocenters. The van der Waals surface area contributed by atoms with Gasteiger partial charge in [0.15, 0.2) is 15.8 Å². The van der Waals surface area contributed by atoms with Crippen molar-refractivity contribution in [3.8, 4) is 0 Å². The van der Waals surface area contributed by atoms with Gasteiger partial charge in [-0.1, -0.05) is 24.3 Å². The number of halogens is 4. The number of alkyl halides is 3. The number of rotatable bonds is 6. The molecule has 0 aliphatic rings. The van der Waals surface area contributed by atoms with Crippen molar-refractivity contribution in [2.45, 2.75) is 38.0 Å². The second kappa shape index (κ2) is 11.0. The molecule has 0 aliphatic carbocycles. The van der Waals surface area contributed by atoms with Gasteiger partial charge in [-0.3, -0.25) is 0 Å². The molecule has 0 saturated heterocycles. The van der Waals surface area contributed by atoms with Crippen molar-refractivity contribution < 1.29 is 21.6 Å². The van der Waals surface area contributed by atoms with Crippen molar-refractivity contribution in [1.29, 1.82) is 0 Å². The first-order chi connectivity index (χ1) is 13.5. The van der Waals surface area contributed by atoms with Crippen LogP contribution in [0.5, 0.6) is 0 Å². The Hall–Kier alpha value is -1.82. The molecule has 30 heavy (non-hydrogen) atoms. The highest BCUT2D eigenvalue weighted by atomic mass is 127. The van der Waals surface area contributed by atoms with E-state index in [4.69, 9.17) is 0 Å². The Bertz CT molecular complexity index is 976. The fourth-order valence-corrected chi connectivity index (χ4v) is 3.69. The fourth-order valence-electron chi connectivity index (χ4n) is 2.74. The average molecular weight is 555 g/mol. The second-order valence-corrected chi connectivity index (χ2v) is 8.60. The molecule has 0 heterocycles. The molecule has 0 fully saturated rings. The van der Waals surface area contributed by atoms with Crippen LogP contribution >= 0.6 is 24.0 Å². The highest BCUT2D eigenvalue weighted by Crippen LogP contribution is 2.29. The zero-order valence-electron chi connectivity index (χ0n) is 16.9. The first-order valence-corrected chi connectivity index (χ1v) is 10.9. The summed E-state index contributed by atoms with van der Waals surface area (Å²) >= 11 is 0. The predicted octanol–water partition coefficient (Wildman–Crippen LogP) is 4.29. The smallest absolute Gasteiger partial charge is 0.357 e. The topological polar surface area (TPSA) is 70.6 Å². The monoisotopic (exact) mass is 555 g/mol. The number of benzene rings is 2. The van der Waals surface area contributed by atoms with Crippen LogP contribution in [-0.2, 0) is 29.1 Å². The normalized spacial score (nSPS) is 12.3. The summed E-state index contributed by atoms with van der Waals surface area (Å²) < 4.78 is 61.3. The van der Waals surface area contributed by atoms with E-state index < -0.39 is 21.6 Å². The first kappa shape index (κ1) is 26.2. The van der Waals surface area contributed by atoms with Crippen molar-refractivity contribution in [2.24, 2.45) is 4.99 Å². The molecule has 5 nitrogen and oxygen atoms in total. The summed E-state index contributed by atoms with van der Waals surface area (Å²) in [6, 6.07) is 10.0. The van der Waals surface area contributed by atoms with Crippen LogP contribution in [0, 0.1) is 6.92 Å². The maximum Gasteiger partial charge on any atom is 0.416 e. The number of aliphatic imine (C=N–C) groups is 1. The Morgan fingerprint density at radius 3 is 2.13 bits per heavy atom. The zero-order chi connectivity index (χ0) is 21.7. The van der Waals surface area contributed by atoms with Crippen LogP contribution in [-0.4, -0.2) is 27.2 Å². The summed E-state index contributed by atoms with van der Waals surface area (Å²) in [6.45, 7) is 4.90. The van der Waals surface area contributed by atoms with E-state index in [1.807, 2.05) is 6.92 Å². The van der Waals surface area contributed by atoms with Crippen molar-refractivity contribution >= 4 is 39.8 Å². The van der Waals surface area contributed by atoms with Gasteiger partial charge in [-0.2, -0.15) is 13.2 Å². The standard InChI is InChI=1S/C20H24F3N3O2S.HI/c1-4-24-19(25-12-15-5-8-17(9-6-15)20(21,22)23)26-13-16-7-10-18(14(2)11-16)29(3,27)28;/h5-11H,4,12-13H2,1-3H3,(H2,24,25,26);1H. The van der Waals surface area contributed by atoms with Crippen molar-refractivity contribution in [3.05, 3.63) is 64.7 Å². The molecule has 0 amide bonds. The third kappa shape index (κ3) is 7.78. The number of nitrogens with zero attached hydrogens (tertiary/aromatic N) is 1. The Labute approximate surface area is 192 Å². The van der Waals surface area contributed by atoms with E-state index >= 15 is 0 Å². The van der Waals surface area contributed by atoms with Crippen molar-refractivity contribution in [3.63, 3.8) is 0 Å². The molecular formula is C20H25F3IN3O2S. The summed E-state index contributed by atoms with van der Waals surface area (Å²) in [7, 11) is -3.27.